The van der Waals surface area contributed by atoms with Gasteiger partial charge in [0.25, 0.3) is 0 Å². The van der Waals surface area contributed by atoms with E-state index in [0.29, 0.717) is 13.0 Å². The largest absolute Gasteiger partial charge is 0.396 e. The zero-order chi connectivity index (χ0) is 14.2. The molecule has 0 aromatic heterocycles. The number of benzene rings is 1. The molecule has 2 rings (SSSR count). The molecule has 104 valence electrons. The lowest BCUT2D eigenvalue weighted by molar-refractivity contribution is 0.427. The van der Waals surface area contributed by atoms with E-state index >= 15 is 0 Å². The Kier molecular flexibility index (Phi) is 3.85. The third kappa shape index (κ3) is 2.75. The van der Waals surface area contributed by atoms with Gasteiger partial charge in [-0.3, -0.25) is 0 Å². The van der Waals surface area contributed by atoms with E-state index in [2.05, 4.69) is 0 Å². The summed E-state index contributed by atoms with van der Waals surface area (Å²) in [7, 11) is -3.91. The zero-order valence-electron chi connectivity index (χ0n) is 10.4. The number of halogens is 2. The Morgan fingerprint density at radius 1 is 1.42 bits per heavy atom. The average Bonchev–Trinajstić information content (AvgIpc) is 2.34. The van der Waals surface area contributed by atoms with Crippen LogP contribution in [0.3, 0.4) is 0 Å². The number of hydrogen-bond acceptors (Lipinski definition) is 3. The highest BCUT2D eigenvalue weighted by Gasteiger charge is 2.29. The summed E-state index contributed by atoms with van der Waals surface area (Å²) in [6.07, 6.45) is 2.45. The zero-order valence-corrected chi connectivity index (χ0v) is 11.9. The molecule has 0 unspecified atom stereocenters. The SMILES string of the molecule is CC1=CCN(S(=O)(=O)c2cc(Cl)cc(N)c2F)CC1. The normalized spacial score (nSPS) is 17.3. The molecule has 0 radical (unpaired) electrons. The second-order valence-electron chi connectivity index (χ2n) is 4.47. The highest BCUT2D eigenvalue weighted by molar-refractivity contribution is 7.89. The Hall–Kier alpha value is -1.11. The monoisotopic (exact) mass is 304 g/mol. The first-order valence-corrected chi connectivity index (χ1v) is 7.54. The first-order valence-electron chi connectivity index (χ1n) is 5.72. The smallest absolute Gasteiger partial charge is 0.246 e. The Morgan fingerprint density at radius 3 is 2.68 bits per heavy atom. The number of anilines is 1. The van der Waals surface area contributed by atoms with Crippen molar-refractivity contribution in [2.75, 3.05) is 18.8 Å². The van der Waals surface area contributed by atoms with Crippen molar-refractivity contribution in [1.82, 2.24) is 4.31 Å². The number of rotatable bonds is 2. The molecule has 0 amide bonds. The van der Waals surface area contributed by atoms with Gasteiger partial charge in [0.05, 0.1) is 5.69 Å². The van der Waals surface area contributed by atoms with Crippen LogP contribution < -0.4 is 5.73 Å². The maximum absolute atomic E-state index is 13.9. The van der Waals surface area contributed by atoms with Gasteiger partial charge in [-0.1, -0.05) is 23.3 Å². The second kappa shape index (κ2) is 5.11. The molecule has 19 heavy (non-hydrogen) atoms. The maximum Gasteiger partial charge on any atom is 0.246 e. The number of sulfonamides is 1. The fraction of sp³-hybridized carbons (Fsp3) is 0.333. The van der Waals surface area contributed by atoms with Crippen molar-refractivity contribution in [3.8, 4) is 0 Å². The van der Waals surface area contributed by atoms with Crippen molar-refractivity contribution in [1.29, 1.82) is 0 Å². The summed E-state index contributed by atoms with van der Waals surface area (Å²) >= 11 is 5.75. The molecule has 0 saturated carbocycles. The second-order valence-corrected chi connectivity index (χ2v) is 6.81. The molecule has 0 bridgehead atoms. The van der Waals surface area contributed by atoms with Crippen LogP contribution in [0.4, 0.5) is 10.1 Å². The highest BCUT2D eigenvalue weighted by atomic mass is 35.5. The molecule has 4 nitrogen and oxygen atoms in total. The van der Waals surface area contributed by atoms with E-state index in [4.69, 9.17) is 17.3 Å². The molecule has 0 fully saturated rings. The van der Waals surface area contributed by atoms with Gasteiger partial charge in [0.15, 0.2) is 5.82 Å². The minimum Gasteiger partial charge on any atom is -0.396 e. The maximum atomic E-state index is 13.9. The van der Waals surface area contributed by atoms with E-state index < -0.39 is 20.7 Å². The minimum absolute atomic E-state index is 0.0983. The molecule has 0 aliphatic carbocycles. The van der Waals surface area contributed by atoms with Gasteiger partial charge in [0, 0.05) is 18.1 Å². The molecule has 1 heterocycles. The fourth-order valence-electron chi connectivity index (χ4n) is 1.88. The van der Waals surface area contributed by atoms with Crippen LogP contribution in [0.5, 0.6) is 0 Å². The fourth-order valence-corrected chi connectivity index (χ4v) is 3.67. The lowest BCUT2D eigenvalue weighted by Crippen LogP contribution is -2.35. The van der Waals surface area contributed by atoms with Crippen molar-refractivity contribution in [2.45, 2.75) is 18.2 Å². The molecule has 1 aromatic carbocycles. The van der Waals surface area contributed by atoms with Gasteiger partial charge < -0.3 is 5.73 Å². The van der Waals surface area contributed by atoms with E-state index in [-0.39, 0.29) is 17.3 Å². The van der Waals surface area contributed by atoms with Gasteiger partial charge in [-0.2, -0.15) is 4.31 Å². The third-order valence-electron chi connectivity index (χ3n) is 3.05. The van der Waals surface area contributed by atoms with Gasteiger partial charge in [0.2, 0.25) is 10.0 Å². The highest BCUT2D eigenvalue weighted by Crippen LogP contribution is 2.28. The van der Waals surface area contributed by atoms with E-state index in [1.54, 1.807) is 0 Å². The van der Waals surface area contributed by atoms with E-state index in [9.17, 15) is 12.8 Å². The molecule has 1 aliphatic rings. The van der Waals surface area contributed by atoms with Crippen LogP contribution >= 0.6 is 11.6 Å². The summed E-state index contributed by atoms with van der Waals surface area (Å²) in [6.45, 7) is 2.50. The number of nitrogen functional groups attached to an aromatic ring is 1. The first-order chi connectivity index (χ1) is 8.82. The van der Waals surface area contributed by atoms with Gasteiger partial charge in [0.1, 0.15) is 4.90 Å². The minimum atomic E-state index is -3.91. The lowest BCUT2D eigenvalue weighted by Gasteiger charge is -2.25. The number of nitrogens with two attached hydrogens (primary N) is 1. The van der Waals surface area contributed by atoms with E-state index in [1.807, 2.05) is 13.0 Å². The molecule has 7 heteroatoms. The van der Waals surface area contributed by atoms with Crippen LogP contribution in [0.15, 0.2) is 28.7 Å². The molecule has 0 spiro atoms. The quantitative estimate of drug-likeness (QED) is 0.674. The summed E-state index contributed by atoms with van der Waals surface area (Å²) in [5, 5.41) is 0.0983. The van der Waals surface area contributed by atoms with Crippen molar-refractivity contribution < 1.29 is 12.8 Å². The van der Waals surface area contributed by atoms with Crippen LogP contribution in [0, 0.1) is 5.82 Å². The standard InChI is InChI=1S/C12H14ClFN2O2S/c1-8-2-4-16(5-3-8)19(17,18)11-7-9(13)6-10(15)12(11)14/h2,6-7H,3-5,15H2,1H3. The van der Waals surface area contributed by atoms with Crippen molar-refractivity contribution >= 4 is 27.3 Å². The van der Waals surface area contributed by atoms with Crippen LogP contribution in [0.1, 0.15) is 13.3 Å². The van der Waals surface area contributed by atoms with Gasteiger partial charge >= 0.3 is 0 Å². The molecule has 1 aliphatic heterocycles. The number of hydrogen-bond donors (Lipinski definition) is 1. The molecular formula is C12H14ClFN2O2S. The Morgan fingerprint density at radius 2 is 2.11 bits per heavy atom. The average molecular weight is 305 g/mol. The summed E-state index contributed by atoms with van der Waals surface area (Å²) in [4.78, 5) is -0.467. The van der Waals surface area contributed by atoms with Crippen molar-refractivity contribution in [2.24, 2.45) is 0 Å². The Labute approximate surface area is 116 Å². The van der Waals surface area contributed by atoms with Crippen LogP contribution in [-0.2, 0) is 10.0 Å². The lowest BCUT2D eigenvalue weighted by atomic mass is 10.1. The van der Waals surface area contributed by atoms with Gasteiger partial charge in [-0.05, 0) is 25.5 Å². The van der Waals surface area contributed by atoms with Crippen molar-refractivity contribution in [3.63, 3.8) is 0 Å². The summed E-state index contributed by atoms with van der Waals surface area (Å²) in [5.41, 5.74) is 6.27. The predicted octanol–water partition coefficient (Wildman–Crippen LogP) is 2.40. The van der Waals surface area contributed by atoms with Gasteiger partial charge in [-0.15, -0.1) is 0 Å². The number of nitrogens with zero attached hydrogens (tertiary/aromatic N) is 1. The topological polar surface area (TPSA) is 63.4 Å². The Balaban J connectivity index is 2.46. The van der Waals surface area contributed by atoms with Crippen LogP contribution in [0.2, 0.25) is 5.02 Å². The first kappa shape index (κ1) is 14.3. The molecule has 0 atom stereocenters. The summed E-state index contributed by atoms with van der Waals surface area (Å²) in [6, 6.07) is 2.28. The summed E-state index contributed by atoms with van der Waals surface area (Å²) in [5.74, 6) is -0.948. The molecule has 0 saturated heterocycles. The van der Waals surface area contributed by atoms with E-state index in [0.717, 1.165) is 11.6 Å². The van der Waals surface area contributed by atoms with Crippen LogP contribution in [-0.4, -0.2) is 25.8 Å². The Bertz CT molecular complexity index is 643. The predicted molar refractivity (Wildman–Crippen MR) is 73.0 cm³/mol. The molecule has 2 N–H and O–H groups in total. The van der Waals surface area contributed by atoms with Gasteiger partial charge in [-0.25, -0.2) is 12.8 Å². The van der Waals surface area contributed by atoms with Crippen molar-refractivity contribution in [3.05, 3.63) is 34.6 Å². The molecular weight excluding hydrogens is 291 g/mol. The van der Waals surface area contributed by atoms with E-state index in [1.165, 1.54) is 10.4 Å². The third-order valence-corrected chi connectivity index (χ3v) is 5.13. The van der Waals surface area contributed by atoms with Crippen LogP contribution in [0.25, 0.3) is 0 Å². The summed E-state index contributed by atoms with van der Waals surface area (Å²) < 4.78 is 39.8. The molecule has 1 aromatic rings.